The van der Waals surface area contributed by atoms with Crippen molar-refractivity contribution in [2.24, 2.45) is 0 Å². The number of ether oxygens (including phenoxy) is 2. The van der Waals surface area contributed by atoms with Crippen molar-refractivity contribution in [2.45, 2.75) is 4.90 Å². The minimum absolute atomic E-state index is 0. The molecule has 3 N–H and O–H groups in total. The molecule has 1 heterocycles. The van der Waals surface area contributed by atoms with E-state index in [1.165, 1.54) is 44.8 Å². The van der Waals surface area contributed by atoms with E-state index in [1.54, 1.807) is 0 Å². The number of nitrogens with zero attached hydrogens (tertiary/aromatic N) is 2. The summed E-state index contributed by atoms with van der Waals surface area (Å²) in [5.41, 5.74) is 6.00. The van der Waals surface area contributed by atoms with Gasteiger partial charge in [0.1, 0.15) is 6.33 Å². The number of nitrogen functional groups attached to an aromatic ring is 1. The summed E-state index contributed by atoms with van der Waals surface area (Å²) in [6, 6.07) is 5.77. The number of sulfonamides is 1. The van der Waals surface area contributed by atoms with Crippen molar-refractivity contribution < 1.29 is 48.9 Å². The number of benzene rings is 1. The molecule has 2 aromatic rings. The van der Waals surface area contributed by atoms with E-state index in [9.17, 15) is 8.42 Å². The predicted octanol–water partition coefficient (Wildman–Crippen LogP) is -2.01. The van der Waals surface area contributed by atoms with Crippen LogP contribution in [0, 0.1) is 0 Å². The second-order valence-corrected chi connectivity index (χ2v) is 5.62. The van der Waals surface area contributed by atoms with Crippen LogP contribution in [-0.2, 0) is 10.0 Å². The molecule has 2 rings (SSSR count). The van der Waals surface area contributed by atoms with Crippen LogP contribution in [0.15, 0.2) is 35.5 Å². The van der Waals surface area contributed by atoms with Gasteiger partial charge in [-0.1, -0.05) is 0 Å². The van der Waals surface area contributed by atoms with Crippen LogP contribution in [0.25, 0.3) is 0 Å². The van der Waals surface area contributed by atoms with Gasteiger partial charge in [-0.2, -0.15) is 4.98 Å². The zero-order valence-electron chi connectivity index (χ0n) is 13.4. The Kier molecular flexibility index (Phi) is 6.42. The van der Waals surface area contributed by atoms with Gasteiger partial charge in [-0.3, -0.25) is 4.72 Å². The molecule has 0 amide bonds. The van der Waals surface area contributed by atoms with E-state index in [-0.39, 0.29) is 53.3 Å². The molecule has 0 bridgehead atoms. The van der Waals surface area contributed by atoms with Gasteiger partial charge in [0.25, 0.3) is 15.9 Å². The number of hydrogen-bond donors (Lipinski definition) is 2. The first-order chi connectivity index (χ1) is 9.97. The van der Waals surface area contributed by atoms with Gasteiger partial charge in [0.15, 0.2) is 5.82 Å². The first-order valence-corrected chi connectivity index (χ1v) is 7.27. The van der Waals surface area contributed by atoms with Crippen molar-refractivity contribution in [3.05, 3.63) is 30.6 Å². The molecule has 10 heteroatoms. The Labute approximate surface area is 151 Å². The molecule has 0 unspecified atom stereocenters. The summed E-state index contributed by atoms with van der Waals surface area (Å²) >= 11 is 0. The zero-order valence-corrected chi connectivity index (χ0v) is 15.2. The molecular weight excluding hydrogens is 319 g/mol. The van der Waals surface area contributed by atoms with Crippen molar-refractivity contribution in [3.8, 4) is 11.6 Å². The fourth-order valence-corrected chi connectivity index (χ4v) is 2.61. The summed E-state index contributed by atoms with van der Waals surface area (Å²) in [6.45, 7) is 0. The molecule has 0 spiro atoms. The fraction of sp³-hybridized carbons (Fsp3) is 0.167. The van der Waals surface area contributed by atoms with Crippen LogP contribution in [0.2, 0.25) is 0 Å². The van der Waals surface area contributed by atoms with Crippen LogP contribution in [0.5, 0.6) is 11.6 Å². The molecule has 1 aromatic carbocycles. The quantitative estimate of drug-likeness (QED) is 0.479. The van der Waals surface area contributed by atoms with Crippen LogP contribution in [0.4, 0.5) is 11.5 Å². The summed E-state index contributed by atoms with van der Waals surface area (Å²) in [7, 11) is -1.06. The largest absolute Gasteiger partial charge is 1.00 e. The summed E-state index contributed by atoms with van der Waals surface area (Å²) in [5, 5.41) is 0. The van der Waals surface area contributed by atoms with Gasteiger partial charge >= 0.3 is 29.6 Å². The molecule has 8 nitrogen and oxygen atoms in total. The molecule has 0 saturated heterocycles. The van der Waals surface area contributed by atoms with E-state index in [4.69, 9.17) is 15.2 Å². The fourth-order valence-electron chi connectivity index (χ4n) is 1.59. The minimum atomic E-state index is -3.82. The van der Waals surface area contributed by atoms with Crippen LogP contribution in [-0.4, -0.2) is 32.6 Å². The van der Waals surface area contributed by atoms with Crippen molar-refractivity contribution in [2.75, 3.05) is 24.7 Å². The predicted molar refractivity (Wildman–Crippen MR) is 77.9 cm³/mol. The second kappa shape index (κ2) is 7.63. The SMILES string of the molecule is COc1ncnc(NS(=O)(=O)c2ccc(N)cc2)c1OC.[H-].[Na+]. The molecule has 22 heavy (non-hydrogen) atoms. The summed E-state index contributed by atoms with van der Waals surface area (Å²) in [5.74, 6) is 0.211. The Bertz CT molecular complexity index is 743. The van der Waals surface area contributed by atoms with E-state index >= 15 is 0 Å². The molecule has 0 saturated carbocycles. The van der Waals surface area contributed by atoms with Crippen molar-refractivity contribution in [1.82, 2.24) is 9.97 Å². The maximum absolute atomic E-state index is 12.3. The maximum Gasteiger partial charge on any atom is 1.00 e. The average Bonchev–Trinajstić information content (AvgIpc) is 2.47. The Hall–Kier alpha value is -1.55. The number of nitrogens with one attached hydrogen (secondary N) is 1. The third kappa shape index (κ3) is 4.01. The van der Waals surface area contributed by atoms with E-state index in [0.29, 0.717) is 5.69 Å². The second-order valence-electron chi connectivity index (χ2n) is 3.94. The number of aromatic nitrogens is 2. The normalized spacial score (nSPS) is 10.5. The Morgan fingerprint density at radius 1 is 1.14 bits per heavy atom. The van der Waals surface area contributed by atoms with Gasteiger partial charge < -0.3 is 16.6 Å². The molecule has 0 atom stereocenters. The molecule has 0 aliphatic rings. The number of rotatable bonds is 5. The van der Waals surface area contributed by atoms with Gasteiger partial charge in [0.05, 0.1) is 19.1 Å². The van der Waals surface area contributed by atoms with Crippen LogP contribution < -0.4 is 49.5 Å². The van der Waals surface area contributed by atoms with E-state index < -0.39 is 10.0 Å². The van der Waals surface area contributed by atoms with Gasteiger partial charge in [-0.25, -0.2) is 13.4 Å². The standard InChI is InChI=1S/C12H14N4O4S.Na.H/c1-19-10-11(14-7-15-12(10)20-2)16-21(17,18)9-5-3-8(13)4-6-9;;/h3-7H,13H2,1-2H3,(H,14,15,16);;/q;+1;-1. The minimum Gasteiger partial charge on any atom is -1.00 e. The van der Waals surface area contributed by atoms with Gasteiger partial charge in [-0.05, 0) is 24.3 Å². The van der Waals surface area contributed by atoms with Crippen LogP contribution >= 0.6 is 0 Å². The van der Waals surface area contributed by atoms with Crippen LogP contribution in [0.3, 0.4) is 0 Å². The van der Waals surface area contributed by atoms with E-state index in [1.807, 2.05) is 0 Å². The first-order valence-electron chi connectivity index (χ1n) is 5.79. The number of anilines is 2. The number of methoxy groups -OCH3 is 2. The van der Waals surface area contributed by atoms with E-state index in [2.05, 4.69) is 14.7 Å². The third-order valence-electron chi connectivity index (χ3n) is 2.59. The zero-order chi connectivity index (χ0) is 15.5. The van der Waals surface area contributed by atoms with Gasteiger partial charge in [0.2, 0.25) is 5.75 Å². The monoisotopic (exact) mass is 334 g/mol. The van der Waals surface area contributed by atoms with Crippen molar-refractivity contribution >= 4 is 21.5 Å². The topological polar surface area (TPSA) is 116 Å². The van der Waals surface area contributed by atoms with Crippen LogP contribution in [0.1, 0.15) is 1.43 Å². The molecule has 0 aliphatic carbocycles. The Morgan fingerprint density at radius 2 is 1.77 bits per heavy atom. The average molecular weight is 334 g/mol. The third-order valence-corrected chi connectivity index (χ3v) is 3.94. The van der Waals surface area contributed by atoms with Gasteiger partial charge in [0, 0.05) is 5.69 Å². The maximum atomic E-state index is 12.3. The Morgan fingerprint density at radius 3 is 2.32 bits per heavy atom. The molecule has 0 aliphatic heterocycles. The summed E-state index contributed by atoms with van der Waals surface area (Å²) < 4.78 is 36.9. The molecule has 1 aromatic heterocycles. The van der Waals surface area contributed by atoms with E-state index in [0.717, 1.165) is 0 Å². The van der Waals surface area contributed by atoms with Crippen molar-refractivity contribution in [1.29, 1.82) is 0 Å². The smallest absolute Gasteiger partial charge is 1.00 e. The Balaban J connectivity index is 0.00000242. The van der Waals surface area contributed by atoms with Crippen molar-refractivity contribution in [3.63, 3.8) is 0 Å². The number of hydrogen-bond acceptors (Lipinski definition) is 7. The first kappa shape index (κ1) is 18.5. The summed E-state index contributed by atoms with van der Waals surface area (Å²) in [6.07, 6.45) is 1.17. The summed E-state index contributed by atoms with van der Waals surface area (Å²) in [4.78, 5) is 7.74. The molecule has 0 radical (unpaired) electrons. The molecule has 0 fully saturated rings. The molecular formula is C12H15N4NaO4S. The number of nitrogens with two attached hydrogens (primary N) is 1. The van der Waals surface area contributed by atoms with Gasteiger partial charge in [-0.15, -0.1) is 0 Å². The molecule has 114 valence electrons.